The first-order chi connectivity index (χ1) is 13.6. The minimum absolute atomic E-state index is 0.855. The Morgan fingerprint density at radius 1 is 0.714 bits per heavy atom. The van der Waals surface area contributed by atoms with Crippen molar-refractivity contribution in [2.45, 2.75) is 85.5 Å². The van der Waals surface area contributed by atoms with E-state index in [4.69, 9.17) is 0 Å². The van der Waals surface area contributed by atoms with Crippen LogP contribution in [0.5, 0.6) is 0 Å². The minimum atomic E-state index is 0.855. The Bertz CT molecular complexity index is 503. The van der Waals surface area contributed by atoms with E-state index < -0.39 is 0 Å². The van der Waals surface area contributed by atoms with Gasteiger partial charge in [0, 0.05) is 12.4 Å². The molecule has 3 unspecified atom stereocenters. The molecular weight excluding hydrogens is 338 g/mol. The van der Waals surface area contributed by atoms with E-state index in [0.29, 0.717) is 0 Å². The second-order valence-corrected chi connectivity index (χ2v) is 8.54. The topological polar surface area (TPSA) is 12.9 Å². The van der Waals surface area contributed by atoms with Crippen LogP contribution in [0.15, 0.2) is 61.0 Å². The molecule has 1 nitrogen and oxygen atoms in total. The van der Waals surface area contributed by atoms with Gasteiger partial charge in [0.1, 0.15) is 0 Å². The van der Waals surface area contributed by atoms with Crippen LogP contribution in [0, 0.1) is 24.7 Å². The van der Waals surface area contributed by atoms with Crippen molar-refractivity contribution in [2.24, 2.45) is 17.8 Å². The second kappa shape index (κ2) is 16.3. The third kappa shape index (κ3) is 14.4. The normalized spacial score (nSPS) is 25.2. The van der Waals surface area contributed by atoms with Crippen molar-refractivity contribution >= 4 is 0 Å². The molecule has 28 heavy (non-hydrogen) atoms. The number of allylic oxidation sites excluding steroid dienone is 6. The van der Waals surface area contributed by atoms with Crippen LogP contribution in [0.4, 0.5) is 0 Å². The first-order valence-corrected chi connectivity index (χ1v) is 11.4. The molecule has 156 valence electrons. The standard InChI is InChI=1S/3C7H12.C6H7N/c3*1-7-5-3-2-4-6-7;1-6-3-2-4-7-5-6/h3*3,5,7H,2,4,6H2,1H3;2-5H,1H3. The van der Waals surface area contributed by atoms with Crippen LogP contribution in [0.3, 0.4) is 0 Å². The molecule has 0 radical (unpaired) electrons. The van der Waals surface area contributed by atoms with Gasteiger partial charge in [0.15, 0.2) is 0 Å². The average Bonchev–Trinajstić information content (AvgIpc) is 2.72. The van der Waals surface area contributed by atoms with E-state index in [0.717, 1.165) is 17.8 Å². The monoisotopic (exact) mass is 381 g/mol. The molecule has 0 aromatic carbocycles. The van der Waals surface area contributed by atoms with Crippen molar-refractivity contribution in [2.75, 3.05) is 0 Å². The van der Waals surface area contributed by atoms with Gasteiger partial charge in [-0.25, -0.2) is 0 Å². The highest BCUT2D eigenvalue weighted by Crippen LogP contribution is 2.16. The summed E-state index contributed by atoms with van der Waals surface area (Å²) in [6.45, 7) is 8.84. The van der Waals surface area contributed by atoms with Crippen molar-refractivity contribution in [1.29, 1.82) is 0 Å². The van der Waals surface area contributed by atoms with E-state index in [1.165, 1.54) is 63.4 Å². The number of hydrogen-bond acceptors (Lipinski definition) is 1. The summed E-state index contributed by atoms with van der Waals surface area (Å²) in [4.78, 5) is 3.88. The number of nitrogens with zero attached hydrogens (tertiary/aromatic N) is 1. The molecule has 1 aromatic heterocycles. The second-order valence-electron chi connectivity index (χ2n) is 8.54. The zero-order chi connectivity index (χ0) is 20.5. The fourth-order valence-corrected chi connectivity index (χ4v) is 3.40. The van der Waals surface area contributed by atoms with Gasteiger partial charge in [-0.2, -0.15) is 0 Å². The highest BCUT2D eigenvalue weighted by Gasteiger charge is 2.00. The van der Waals surface area contributed by atoms with Gasteiger partial charge in [0.25, 0.3) is 0 Å². The Labute approximate surface area is 175 Å². The number of aromatic nitrogens is 1. The van der Waals surface area contributed by atoms with Crippen molar-refractivity contribution in [1.82, 2.24) is 4.98 Å². The summed E-state index contributed by atoms with van der Waals surface area (Å²) < 4.78 is 0. The van der Waals surface area contributed by atoms with Crippen molar-refractivity contribution in [3.63, 3.8) is 0 Å². The van der Waals surface area contributed by atoms with Crippen molar-refractivity contribution in [3.05, 3.63) is 66.5 Å². The molecule has 0 aliphatic heterocycles. The van der Waals surface area contributed by atoms with Gasteiger partial charge >= 0.3 is 0 Å². The quantitative estimate of drug-likeness (QED) is 0.410. The third-order valence-corrected chi connectivity index (χ3v) is 5.29. The van der Waals surface area contributed by atoms with Crippen LogP contribution in [0.25, 0.3) is 0 Å². The number of hydrogen-bond donors (Lipinski definition) is 0. The van der Waals surface area contributed by atoms with Crippen LogP contribution in [0.1, 0.15) is 84.1 Å². The lowest BCUT2D eigenvalue weighted by Gasteiger charge is -2.08. The molecule has 0 saturated heterocycles. The van der Waals surface area contributed by atoms with E-state index >= 15 is 0 Å². The Morgan fingerprint density at radius 3 is 1.29 bits per heavy atom. The van der Waals surface area contributed by atoms with Crippen LogP contribution in [0.2, 0.25) is 0 Å². The van der Waals surface area contributed by atoms with E-state index in [-0.39, 0.29) is 0 Å². The number of rotatable bonds is 0. The summed E-state index contributed by atoms with van der Waals surface area (Å²) in [6.07, 6.45) is 29.7. The maximum absolute atomic E-state index is 3.88. The minimum Gasteiger partial charge on any atom is -0.264 e. The summed E-state index contributed by atoms with van der Waals surface area (Å²) in [5.74, 6) is 2.57. The molecule has 3 atom stereocenters. The maximum Gasteiger partial charge on any atom is 0.0297 e. The fourth-order valence-electron chi connectivity index (χ4n) is 3.40. The Hall–Kier alpha value is -1.63. The summed E-state index contributed by atoms with van der Waals surface area (Å²) in [6, 6.07) is 3.95. The lowest BCUT2D eigenvalue weighted by Crippen LogP contribution is -1.92. The first-order valence-electron chi connectivity index (χ1n) is 11.4. The lowest BCUT2D eigenvalue weighted by molar-refractivity contribution is 0.584. The van der Waals surface area contributed by atoms with E-state index in [1.807, 2.05) is 25.3 Å². The summed E-state index contributed by atoms with van der Waals surface area (Å²) in [7, 11) is 0. The molecule has 0 amide bonds. The Kier molecular flexibility index (Phi) is 14.2. The average molecular weight is 382 g/mol. The van der Waals surface area contributed by atoms with Crippen molar-refractivity contribution < 1.29 is 0 Å². The molecule has 1 heterocycles. The van der Waals surface area contributed by atoms with Gasteiger partial charge in [0.2, 0.25) is 0 Å². The molecular formula is C27H43N. The van der Waals surface area contributed by atoms with Gasteiger partial charge in [0.05, 0.1) is 0 Å². The lowest BCUT2D eigenvalue weighted by atomic mass is 9.98. The summed E-state index contributed by atoms with van der Waals surface area (Å²) >= 11 is 0. The molecule has 1 aromatic rings. The largest absolute Gasteiger partial charge is 0.264 e. The van der Waals surface area contributed by atoms with Crippen LogP contribution < -0.4 is 0 Å². The highest BCUT2D eigenvalue weighted by molar-refractivity contribution is 5.04. The molecule has 0 spiro atoms. The molecule has 0 fully saturated rings. The number of pyridine rings is 1. The molecule has 1 heteroatoms. The summed E-state index contributed by atoms with van der Waals surface area (Å²) in [5, 5.41) is 0. The predicted molar refractivity (Wildman–Crippen MR) is 125 cm³/mol. The summed E-state index contributed by atoms with van der Waals surface area (Å²) in [5.41, 5.74) is 1.21. The number of aryl methyl sites for hydroxylation is 1. The zero-order valence-electron chi connectivity index (χ0n) is 18.8. The molecule has 4 rings (SSSR count). The van der Waals surface area contributed by atoms with Crippen LogP contribution in [-0.2, 0) is 0 Å². The van der Waals surface area contributed by atoms with Gasteiger partial charge in [-0.3, -0.25) is 4.98 Å². The third-order valence-electron chi connectivity index (χ3n) is 5.29. The van der Waals surface area contributed by atoms with Gasteiger partial charge < -0.3 is 0 Å². The van der Waals surface area contributed by atoms with Crippen molar-refractivity contribution in [3.8, 4) is 0 Å². The van der Waals surface area contributed by atoms with Gasteiger partial charge in [-0.15, -0.1) is 0 Å². The zero-order valence-corrected chi connectivity index (χ0v) is 18.8. The van der Waals surface area contributed by atoms with Gasteiger partial charge in [-0.1, -0.05) is 63.3 Å². The van der Waals surface area contributed by atoms with E-state index in [1.54, 1.807) is 6.20 Å². The molecule has 0 bridgehead atoms. The molecule has 3 aliphatic carbocycles. The molecule has 0 N–H and O–H groups in total. The smallest absolute Gasteiger partial charge is 0.0297 e. The van der Waals surface area contributed by atoms with E-state index in [9.17, 15) is 0 Å². The maximum atomic E-state index is 3.88. The van der Waals surface area contributed by atoms with Crippen LogP contribution in [-0.4, -0.2) is 4.98 Å². The van der Waals surface area contributed by atoms with E-state index in [2.05, 4.69) is 62.2 Å². The predicted octanol–water partition coefficient (Wildman–Crippen LogP) is 8.48. The SMILES string of the molecule is CC1C=CCCC1.CC1C=CCCC1.CC1C=CCCC1.Cc1cccnc1. The molecule has 3 aliphatic rings. The Balaban J connectivity index is 0.000000187. The first kappa shape index (κ1) is 24.4. The molecule has 0 saturated carbocycles. The fraction of sp³-hybridized carbons (Fsp3) is 0.593. The Morgan fingerprint density at radius 2 is 1.14 bits per heavy atom. The van der Waals surface area contributed by atoms with Crippen LogP contribution >= 0.6 is 0 Å². The highest BCUT2D eigenvalue weighted by atomic mass is 14.6. The van der Waals surface area contributed by atoms with Gasteiger partial charge in [-0.05, 0) is 94.1 Å².